The van der Waals surface area contributed by atoms with Crippen LogP contribution in [0.15, 0.2) is 42.7 Å². The Morgan fingerprint density at radius 1 is 1.18 bits per heavy atom. The largest absolute Gasteiger partial charge is 0.416 e. The third-order valence-corrected chi connectivity index (χ3v) is 8.38. The number of piperidine rings is 1. The van der Waals surface area contributed by atoms with Gasteiger partial charge in [0.1, 0.15) is 12.2 Å². The molecule has 1 atom stereocenters. The number of alkyl halides is 3. The lowest BCUT2D eigenvalue weighted by Gasteiger charge is -2.42. The predicted octanol–water partition coefficient (Wildman–Crippen LogP) is 4.74. The summed E-state index contributed by atoms with van der Waals surface area (Å²) in [5.41, 5.74) is 1.24. The first-order valence-electron chi connectivity index (χ1n) is 13.4. The molecule has 0 radical (unpaired) electrons. The number of halogens is 3. The van der Waals surface area contributed by atoms with E-state index in [0.29, 0.717) is 43.3 Å². The number of anilines is 1. The Morgan fingerprint density at radius 3 is 2.67 bits per heavy atom. The molecule has 10 heteroatoms. The third-order valence-electron chi connectivity index (χ3n) is 8.38. The van der Waals surface area contributed by atoms with Crippen molar-refractivity contribution in [3.05, 3.63) is 76.4 Å². The molecule has 3 aliphatic rings. The summed E-state index contributed by atoms with van der Waals surface area (Å²) < 4.78 is 50.2. The molecule has 1 unspecified atom stereocenters. The summed E-state index contributed by atoms with van der Waals surface area (Å²) >= 11 is 0. The van der Waals surface area contributed by atoms with Gasteiger partial charge in [-0.05, 0) is 66.3 Å². The topological polar surface area (TPSA) is 63.5 Å². The summed E-state index contributed by atoms with van der Waals surface area (Å²) in [5, 5.41) is 8.19. The molecule has 2 fully saturated rings. The highest BCUT2D eigenvalue weighted by atomic mass is 19.4. The number of aromatic nitrogens is 3. The fraction of sp³-hybridized carbons (Fsp3) is 0.483. The first kappa shape index (κ1) is 26.0. The highest BCUT2D eigenvalue weighted by Gasteiger charge is 2.43. The van der Waals surface area contributed by atoms with Gasteiger partial charge in [-0.3, -0.25) is 9.69 Å². The Kier molecular flexibility index (Phi) is 6.50. The van der Waals surface area contributed by atoms with E-state index in [-0.39, 0.29) is 23.1 Å². The van der Waals surface area contributed by atoms with Crippen LogP contribution in [-0.4, -0.2) is 51.9 Å². The van der Waals surface area contributed by atoms with Crippen LogP contribution < -0.4 is 4.90 Å². The summed E-state index contributed by atoms with van der Waals surface area (Å²) in [7, 11) is 1.89. The average Bonchev–Trinajstić information content (AvgIpc) is 3.43. The van der Waals surface area contributed by atoms with Gasteiger partial charge in [0.25, 0.3) is 5.91 Å². The van der Waals surface area contributed by atoms with Crippen molar-refractivity contribution in [1.82, 2.24) is 19.7 Å². The zero-order valence-electron chi connectivity index (χ0n) is 22.2. The minimum atomic E-state index is -4.54. The van der Waals surface area contributed by atoms with E-state index in [1.807, 2.05) is 29.8 Å². The van der Waals surface area contributed by atoms with E-state index in [1.54, 1.807) is 18.5 Å². The Labute approximate surface area is 225 Å². The molecule has 0 N–H and O–H groups in total. The van der Waals surface area contributed by atoms with Gasteiger partial charge >= 0.3 is 6.18 Å². The van der Waals surface area contributed by atoms with Gasteiger partial charge in [-0.25, -0.2) is 0 Å². The first-order valence-corrected chi connectivity index (χ1v) is 13.4. The molecule has 2 saturated heterocycles. The lowest BCUT2D eigenvalue weighted by atomic mass is 9.75. The number of rotatable bonds is 6. The van der Waals surface area contributed by atoms with Crippen LogP contribution in [-0.2, 0) is 42.9 Å². The second-order valence-electron chi connectivity index (χ2n) is 11.4. The maximum absolute atomic E-state index is 14.2. The van der Waals surface area contributed by atoms with Crippen molar-refractivity contribution in [2.24, 2.45) is 13.0 Å². The molecule has 1 amide bonds. The van der Waals surface area contributed by atoms with Crippen molar-refractivity contribution < 1.29 is 22.7 Å². The van der Waals surface area contributed by atoms with Crippen LogP contribution in [0.1, 0.15) is 58.2 Å². The van der Waals surface area contributed by atoms with Crippen LogP contribution in [0.4, 0.5) is 18.9 Å². The zero-order chi connectivity index (χ0) is 27.4. The van der Waals surface area contributed by atoms with Crippen LogP contribution in [0, 0.1) is 5.92 Å². The quantitative estimate of drug-likeness (QED) is 0.453. The molecule has 0 bridgehead atoms. The standard InChI is InChI=1S/C29H32F3N5O2/c1-19-5-4-8-36(13-19)14-20-9-23-24(25(10-20)29(30,31)32)15-37(27(23)38)22-7-3-6-21(11-22)28(16-39-17-28)12-26-34-33-18-35(26)2/h3,6-7,9-11,18-19H,4-5,8,12-17H2,1-2H3. The average molecular weight is 540 g/mol. The molecule has 7 nitrogen and oxygen atoms in total. The van der Waals surface area contributed by atoms with Crippen molar-refractivity contribution in [2.75, 3.05) is 31.2 Å². The number of amides is 1. The van der Waals surface area contributed by atoms with Gasteiger partial charge in [0, 0.05) is 43.2 Å². The van der Waals surface area contributed by atoms with Gasteiger partial charge in [0.05, 0.1) is 25.3 Å². The number of ether oxygens (including phenoxy) is 1. The van der Waals surface area contributed by atoms with E-state index in [9.17, 15) is 18.0 Å². The monoisotopic (exact) mass is 539 g/mol. The SMILES string of the molecule is CC1CCCN(Cc2cc3c(c(C(F)(F)F)c2)CN(c2cccc(C4(Cc5nncn5C)COC4)c2)C3=O)C1. The van der Waals surface area contributed by atoms with Crippen LogP contribution in [0.3, 0.4) is 0 Å². The zero-order valence-corrected chi connectivity index (χ0v) is 22.2. The number of aryl methyl sites for hydroxylation is 1. The number of hydrogen-bond donors (Lipinski definition) is 0. The highest BCUT2D eigenvalue weighted by molar-refractivity contribution is 6.10. The summed E-state index contributed by atoms with van der Waals surface area (Å²) in [6.45, 7) is 5.16. The summed E-state index contributed by atoms with van der Waals surface area (Å²) in [5.74, 6) is 0.935. The summed E-state index contributed by atoms with van der Waals surface area (Å²) in [6, 6.07) is 10.4. The minimum Gasteiger partial charge on any atom is -0.379 e. The Bertz CT molecular complexity index is 1400. The summed E-state index contributed by atoms with van der Waals surface area (Å²) in [6.07, 6.45) is -0.121. The molecule has 206 valence electrons. The molecule has 3 aromatic rings. The van der Waals surface area contributed by atoms with Gasteiger partial charge in [-0.2, -0.15) is 13.2 Å². The Morgan fingerprint density at radius 2 is 2.00 bits per heavy atom. The van der Waals surface area contributed by atoms with Crippen LogP contribution in [0.2, 0.25) is 0 Å². The molecular formula is C29H32F3N5O2. The molecule has 2 aromatic carbocycles. The number of nitrogens with zero attached hydrogens (tertiary/aromatic N) is 5. The highest BCUT2D eigenvalue weighted by Crippen LogP contribution is 2.42. The fourth-order valence-electron chi connectivity index (χ4n) is 6.20. The van der Waals surface area contributed by atoms with Gasteiger partial charge in [0.2, 0.25) is 0 Å². The predicted molar refractivity (Wildman–Crippen MR) is 139 cm³/mol. The molecule has 4 heterocycles. The number of hydrogen-bond acceptors (Lipinski definition) is 5. The molecule has 6 rings (SSSR count). The number of benzene rings is 2. The molecule has 0 aliphatic carbocycles. The number of fused-ring (bicyclic) bond motifs is 1. The van der Waals surface area contributed by atoms with E-state index in [2.05, 4.69) is 22.0 Å². The van der Waals surface area contributed by atoms with E-state index < -0.39 is 17.6 Å². The first-order chi connectivity index (χ1) is 18.6. The van der Waals surface area contributed by atoms with Crippen molar-refractivity contribution >= 4 is 11.6 Å². The van der Waals surface area contributed by atoms with Crippen molar-refractivity contribution in [3.63, 3.8) is 0 Å². The van der Waals surface area contributed by atoms with E-state index in [1.165, 1.54) is 11.0 Å². The number of likely N-dealkylation sites (tertiary alicyclic amines) is 1. The van der Waals surface area contributed by atoms with Crippen molar-refractivity contribution in [2.45, 2.75) is 50.9 Å². The molecule has 39 heavy (non-hydrogen) atoms. The number of carbonyl (C=O) groups excluding carboxylic acids is 1. The van der Waals surface area contributed by atoms with E-state index in [4.69, 9.17) is 4.74 Å². The third kappa shape index (κ3) is 4.84. The molecule has 3 aliphatic heterocycles. The minimum absolute atomic E-state index is 0.0504. The second-order valence-corrected chi connectivity index (χ2v) is 11.4. The summed E-state index contributed by atoms with van der Waals surface area (Å²) in [4.78, 5) is 17.3. The van der Waals surface area contributed by atoms with Gasteiger partial charge < -0.3 is 14.2 Å². The smallest absolute Gasteiger partial charge is 0.379 e. The van der Waals surface area contributed by atoms with Gasteiger partial charge in [0.15, 0.2) is 0 Å². The van der Waals surface area contributed by atoms with Crippen molar-refractivity contribution in [3.8, 4) is 0 Å². The second kappa shape index (κ2) is 9.75. The number of carbonyl (C=O) groups is 1. The molecule has 0 spiro atoms. The fourth-order valence-corrected chi connectivity index (χ4v) is 6.20. The van der Waals surface area contributed by atoms with Gasteiger partial charge in [-0.15, -0.1) is 10.2 Å². The van der Waals surface area contributed by atoms with Crippen LogP contribution in [0.5, 0.6) is 0 Å². The molecular weight excluding hydrogens is 507 g/mol. The van der Waals surface area contributed by atoms with Crippen LogP contribution in [0.25, 0.3) is 0 Å². The maximum atomic E-state index is 14.2. The van der Waals surface area contributed by atoms with Crippen LogP contribution >= 0.6 is 0 Å². The van der Waals surface area contributed by atoms with E-state index in [0.717, 1.165) is 37.3 Å². The van der Waals surface area contributed by atoms with Gasteiger partial charge in [-0.1, -0.05) is 19.1 Å². The van der Waals surface area contributed by atoms with E-state index >= 15 is 0 Å². The molecule has 1 aromatic heterocycles. The lowest BCUT2D eigenvalue weighted by molar-refractivity contribution is -0.138. The van der Waals surface area contributed by atoms with Crippen molar-refractivity contribution in [1.29, 1.82) is 0 Å². The lowest BCUT2D eigenvalue weighted by Crippen LogP contribution is -2.49. The Hall–Kier alpha value is -3.24. The normalized spacial score (nSPS) is 21.2. The molecule has 0 saturated carbocycles. The maximum Gasteiger partial charge on any atom is 0.416 e. The Balaban J connectivity index is 1.31.